The third-order valence-corrected chi connectivity index (χ3v) is 1.77. The van der Waals surface area contributed by atoms with E-state index in [0.717, 1.165) is 0 Å². The lowest BCUT2D eigenvalue weighted by Crippen LogP contribution is -2.42. The van der Waals surface area contributed by atoms with Gasteiger partial charge in [-0.25, -0.2) is 4.79 Å². The van der Waals surface area contributed by atoms with Crippen molar-refractivity contribution in [2.24, 2.45) is 0 Å². The number of hydrogen-bond acceptors (Lipinski definition) is 2. The van der Waals surface area contributed by atoms with Crippen LogP contribution in [-0.2, 0) is 4.74 Å². The first-order valence-electron chi connectivity index (χ1n) is 3.89. The van der Waals surface area contributed by atoms with Gasteiger partial charge in [-0.1, -0.05) is 0 Å². The molecule has 1 aliphatic heterocycles. The Labute approximate surface area is 67.3 Å². The normalized spacial score (nSPS) is 25.6. The van der Waals surface area contributed by atoms with Crippen LogP contribution in [0.2, 0.25) is 0 Å². The fourth-order valence-corrected chi connectivity index (χ4v) is 1.15. The highest BCUT2D eigenvalue weighted by Crippen LogP contribution is 2.21. The van der Waals surface area contributed by atoms with Crippen molar-refractivity contribution in [1.29, 1.82) is 0 Å². The predicted molar refractivity (Wildman–Crippen MR) is 42.4 cm³/mol. The van der Waals surface area contributed by atoms with Gasteiger partial charge >= 0.3 is 6.09 Å². The number of carbonyl (C=O) groups is 1. The first-order valence-corrected chi connectivity index (χ1v) is 3.89. The van der Waals surface area contributed by atoms with Gasteiger partial charge in [0.15, 0.2) is 0 Å². The fraction of sp³-hybridized carbons (Fsp3) is 0.875. The van der Waals surface area contributed by atoms with Gasteiger partial charge in [-0.05, 0) is 27.7 Å². The molecular weight excluding hydrogens is 142 g/mol. The second-order valence-corrected chi connectivity index (χ2v) is 3.98. The van der Waals surface area contributed by atoms with E-state index >= 15 is 0 Å². The van der Waals surface area contributed by atoms with E-state index < -0.39 is 0 Å². The number of amides is 1. The summed E-state index contributed by atoms with van der Waals surface area (Å²) in [6, 6.07) is 0. The zero-order valence-corrected chi connectivity index (χ0v) is 7.55. The van der Waals surface area contributed by atoms with Crippen molar-refractivity contribution in [3.8, 4) is 0 Å². The molecule has 0 radical (unpaired) electrons. The molecule has 0 bridgehead atoms. The van der Waals surface area contributed by atoms with Crippen molar-refractivity contribution in [3.05, 3.63) is 0 Å². The monoisotopic (exact) mass is 157 g/mol. The number of hydrogen-bond donors (Lipinski definition) is 0. The minimum atomic E-state index is -0.190. The van der Waals surface area contributed by atoms with Gasteiger partial charge in [0.05, 0.1) is 6.54 Å². The first kappa shape index (κ1) is 8.37. The maximum atomic E-state index is 11.1. The van der Waals surface area contributed by atoms with Crippen LogP contribution in [-0.4, -0.2) is 29.2 Å². The molecule has 1 aliphatic rings. The van der Waals surface area contributed by atoms with E-state index in [2.05, 4.69) is 0 Å². The van der Waals surface area contributed by atoms with Crippen LogP contribution in [0.25, 0.3) is 0 Å². The van der Waals surface area contributed by atoms with Gasteiger partial charge in [-0.15, -0.1) is 0 Å². The SMILES string of the molecule is CC1CN(C(C)(C)C)C(=O)O1. The maximum absolute atomic E-state index is 11.1. The smallest absolute Gasteiger partial charge is 0.410 e. The lowest BCUT2D eigenvalue weighted by atomic mass is 10.1. The van der Waals surface area contributed by atoms with Crippen LogP contribution in [0.3, 0.4) is 0 Å². The predicted octanol–water partition coefficient (Wildman–Crippen LogP) is 1.63. The maximum Gasteiger partial charge on any atom is 0.410 e. The highest BCUT2D eigenvalue weighted by Gasteiger charge is 2.35. The van der Waals surface area contributed by atoms with E-state index in [1.165, 1.54) is 0 Å². The summed E-state index contributed by atoms with van der Waals surface area (Å²) in [5.41, 5.74) is -0.109. The summed E-state index contributed by atoms with van der Waals surface area (Å²) in [5, 5.41) is 0. The van der Waals surface area contributed by atoms with Gasteiger partial charge in [0.2, 0.25) is 0 Å². The van der Waals surface area contributed by atoms with Crippen molar-refractivity contribution >= 4 is 6.09 Å². The molecule has 1 rings (SSSR count). The van der Waals surface area contributed by atoms with Gasteiger partial charge < -0.3 is 4.74 Å². The van der Waals surface area contributed by atoms with Crippen molar-refractivity contribution in [1.82, 2.24) is 4.90 Å². The molecule has 0 aromatic carbocycles. The Bertz CT molecular complexity index is 171. The summed E-state index contributed by atoms with van der Waals surface area (Å²) >= 11 is 0. The Morgan fingerprint density at radius 3 is 2.27 bits per heavy atom. The summed E-state index contributed by atoms with van der Waals surface area (Å²) in [6.45, 7) is 8.64. The molecule has 0 N–H and O–H groups in total. The molecule has 3 nitrogen and oxygen atoms in total. The largest absolute Gasteiger partial charge is 0.444 e. The summed E-state index contributed by atoms with van der Waals surface area (Å²) in [7, 11) is 0. The molecule has 0 spiro atoms. The van der Waals surface area contributed by atoms with Crippen LogP contribution < -0.4 is 0 Å². The third kappa shape index (κ3) is 1.64. The Hall–Kier alpha value is -0.730. The molecule has 3 heteroatoms. The molecule has 1 unspecified atom stereocenters. The second-order valence-electron chi connectivity index (χ2n) is 3.98. The molecule has 0 aromatic rings. The van der Waals surface area contributed by atoms with Crippen LogP contribution >= 0.6 is 0 Å². The lowest BCUT2D eigenvalue weighted by Gasteiger charge is -2.28. The Balaban J connectivity index is 2.68. The number of cyclic esters (lactones) is 1. The van der Waals surface area contributed by atoms with Gasteiger partial charge in [0, 0.05) is 5.54 Å². The van der Waals surface area contributed by atoms with Crippen molar-refractivity contribution in [2.45, 2.75) is 39.3 Å². The van der Waals surface area contributed by atoms with E-state index in [-0.39, 0.29) is 17.7 Å². The van der Waals surface area contributed by atoms with Gasteiger partial charge in [0.1, 0.15) is 6.10 Å². The Morgan fingerprint density at radius 2 is 2.09 bits per heavy atom. The van der Waals surface area contributed by atoms with Gasteiger partial charge in [0.25, 0.3) is 0 Å². The van der Waals surface area contributed by atoms with E-state index in [1.807, 2.05) is 27.7 Å². The average molecular weight is 157 g/mol. The zero-order chi connectivity index (χ0) is 8.65. The number of ether oxygens (including phenoxy) is 1. The quantitative estimate of drug-likeness (QED) is 0.534. The van der Waals surface area contributed by atoms with Crippen molar-refractivity contribution in [2.75, 3.05) is 6.54 Å². The first-order chi connectivity index (χ1) is 4.91. The van der Waals surface area contributed by atoms with Gasteiger partial charge in [-0.2, -0.15) is 0 Å². The van der Waals surface area contributed by atoms with Crippen molar-refractivity contribution in [3.63, 3.8) is 0 Å². The molecule has 0 aliphatic carbocycles. The summed E-state index contributed by atoms with van der Waals surface area (Å²) in [6.07, 6.45) is -0.147. The highest BCUT2D eigenvalue weighted by atomic mass is 16.6. The topological polar surface area (TPSA) is 29.5 Å². The standard InChI is InChI=1S/C8H15NO2/c1-6-5-9(7(10)11-6)8(2,3)4/h6H,5H2,1-4H3. The average Bonchev–Trinajstić information content (AvgIpc) is 2.08. The van der Waals surface area contributed by atoms with Gasteiger partial charge in [-0.3, -0.25) is 4.90 Å². The summed E-state index contributed by atoms with van der Waals surface area (Å²) < 4.78 is 4.99. The van der Waals surface area contributed by atoms with Crippen LogP contribution in [0.5, 0.6) is 0 Å². The summed E-state index contributed by atoms with van der Waals surface area (Å²) in [4.78, 5) is 12.9. The molecule has 0 aromatic heterocycles. The molecule has 1 atom stereocenters. The second kappa shape index (κ2) is 2.40. The molecule has 1 heterocycles. The van der Waals surface area contributed by atoms with E-state index in [4.69, 9.17) is 4.74 Å². The minimum absolute atomic E-state index is 0.0433. The number of carbonyl (C=O) groups excluding carboxylic acids is 1. The van der Waals surface area contributed by atoms with Crippen LogP contribution in [0, 0.1) is 0 Å². The van der Waals surface area contributed by atoms with E-state index in [9.17, 15) is 4.79 Å². The van der Waals surface area contributed by atoms with Crippen LogP contribution in [0.15, 0.2) is 0 Å². The van der Waals surface area contributed by atoms with E-state index in [0.29, 0.717) is 6.54 Å². The minimum Gasteiger partial charge on any atom is -0.444 e. The summed E-state index contributed by atoms with van der Waals surface area (Å²) in [5.74, 6) is 0. The Morgan fingerprint density at radius 1 is 1.55 bits per heavy atom. The zero-order valence-electron chi connectivity index (χ0n) is 7.55. The molecular formula is C8H15NO2. The fourth-order valence-electron chi connectivity index (χ4n) is 1.15. The molecule has 1 saturated heterocycles. The van der Waals surface area contributed by atoms with Crippen LogP contribution in [0.1, 0.15) is 27.7 Å². The number of rotatable bonds is 0. The molecule has 1 amide bonds. The number of nitrogens with zero attached hydrogens (tertiary/aromatic N) is 1. The molecule has 0 saturated carbocycles. The molecule has 11 heavy (non-hydrogen) atoms. The lowest BCUT2D eigenvalue weighted by molar-refractivity contribution is 0.123. The highest BCUT2D eigenvalue weighted by molar-refractivity contribution is 5.70. The van der Waals surface area contributed by atoms with Crippen LogP contribution in [0.4, 0.5) is 4.79 Å². The third-order valence-electron chi connectivity index (χ3n) is 1.77. The molecule has 64 valence electrons. The van der Waals surface area contributed by atoms with Crippen molar-refractivity contribution < 1.29 is 9.53 Å². The molecule has 1 fully saturated rings. The van der Waals surface area contributed by atoms with E-state index in [1.54, 1.807) is 4.90 Å². The Kier molecular flexibility index (Phi) is 1.82.